The molecule has 0 aliphatic heterocycles. The van der Waals surface area contributed by atoms with Gasteiger partial charge in [-0.15, -0.1) is 9.24 Å². The highest BCUT2D eigenvalue weighted by Gasteiger charge is 1.90. The molecule has 0 rings (SSSR count). The highest BCUT2D eigenvalue weighted by molar-refractivity contribution is 7.16. The standard InChI is InChI=1S/C6H11O2P/c1-2-3-6(7)8-4-5-9/h2-3H,4-5,9H2,1H3. The van der Waals surface area contributed by atoms with E-state index in [0.29, 0.717) is 6.61 Å². The lowest BCUT2D eigenvalue weighted by atomic mass is 10.5. The van der Waals surface area contributed by atoms with E-state index < -0.39 is 0 Å². The minimum absolute atomic E-state index is 0.264. The molecule has 0 saturated heterocycles. The maximum atomic E-state index is 10.5. The second-order valence-electron chi connectivity index (χ2n) is 1.46. The molecule has 0 heterocycles. The molecule has 0 aliphatic carbocycles. The molecule has 52 valence electrons. The monoisotopic (exact) mass is 146 g/mol. The molecule has 0 bridgehead atoms. The number of ether oxygens (including phenoxy) is 1. The summed E-state index contributed by atoms with van der Waals surface area (Å²) in [5.41, 5.74) is 0. The fourth-order valence-electron chi connectivity index (χ4n) is 0.344. The fraction of sp³-hybridized carbons (Fsp3) is 0.500. The van der Waals surface area contributed by atoms with E-state index in [1.54, 1.807) is 13.0 Å². The molecule has 0 saturated carbocycles. The van der Waals surface area contributed by atoms with Crippen LogP contribution in [0.25, 0.3) is 0 Å². The van der Waals surface area contributed by atoms with E-state index in [2.05, 4.69) is 14.0 Å². The van der Waals surface area contributed by atoms with Gasteiger partial charge in [0.05, 0.1) is 6.61 Å². The Labute approximate surface area is 57.5 Å². The van der Waals surface area contributed by atoms with Crippen LogP contribution in [0.2, 0.25) is 0 Å². The third-order valence-corrected chi connectivity index (χ3v) is 0.901. The summed E-state index contributed by atoms with van der Waals surface area (Å²) < 4.78 is 4.69. The quantitative estimate of drug-likeness (QED) is 0.337. The third-order valence-electron chi connectivity index (χ3n) is 0.665. The Kier molecular flexibility index (Phi) is 5.54. The summed E-state index contributed by atoms with van der Waals surface area (Å²) in [5.74, 6) is -0.264. The number of hydrogen-bond acceptors (Lipinski definition) is 2. The van der Waals surface area contributed by atoms with Gasteiger partial charge < -0.3 is 4.74 Å². The van der Waals surface area contributed by atoms with Gasteiger partial charge in [0.25, 0.3) is 0 Å². The van der Waals surface area contributed by atoms with Gasteiger partial charge in [0.2, 0.25) is 0 Å². The molecule has 0 N–H and O–H groups in total. The Bertz CT molecular complexity index is 110. The predicted octanol–water partition coefficient (Wildman–Crippen LogP) is 0.981. The summed E-state index contributed by atoms with van der Waals surface area (Å²) in [6.45, 7) is 2.26. The number of allylic oxidation sites excluding steroid dienone is 1. The summed E-state index contributed by atoms with van der Waals surface area (Å²) in [5, 5.41) is 0. The van der Waals surface area contributed by atoms with Gasteiger partial charge in [0, 0.05) is 6.08 Å². The van der Waals surface area contributed by atoms with Crippen LogP contribution in [0.15, 0.2) is 12.2 Å². The molecule has 0 amide bonds. The van der Waals surface area contributed by atoms with Crippen molar-refractivity contribution in [2.75, 3.05) is 12.8 Å². The highest BCUT2D eigenvalue weighted by atomic mass is 31.0. The lowest BCUT2D eigenvalue weighted by molar-refractivity contribution is -0.137. The molecule has 2 nitrogen and oxygen atoms in total. The Morgan fingerprint density at radius 1 is 1.78 bits per heavy atom. The average Bonchev–Trinajstić information content (AvgIpc) is 1.85. The molecule has 1 unspecified atom stereocenters. The van der Waals surface area contributed by atoms with Crippen molar-refractivity contribution in [2.45, 2.75) is 6.92 Å². The second kappa shape index (κ2) is 5.77. The van der Waals surface area contributed by atoms with Gasteiger partial charge in [-0.1, -0.05) is 6.08 Å². The van der Waals surface area contributed by atoms with Crippen LogP contribution in [0.4, 0.5) is 0 Å². The lowest BCUT2D eigenvalue weighted by Crippen LogP contribution is -2.02. The zero-order valence-corrected chi connectivity index (χ0v) is 6.62. The first kappa shape index (κ1) is 8.64. The normalized spacial score (nSPS) is 10.0. The van der Waals surface area contributed by atoms with E-state index in [1.807, 2.05) is 0 Å². The molecule has 0 aromatic heterocycles. The van der Waals surface area contributed by atoms with Crippen LogP contribution in [0, 0.1) is 0 Å². The van der Waals surface area contributed by atoms with Gasteiger partial charge in [0.1, 0.15) is 0 Å². The van der Waals surface area contributed by atoms with E-state index in [-0.39, 0.29) is 5.97 Å². The largest absolute Gasteiger partial charge is 0.462 e. The van der Waals surface area contributed by atoms with Crippen molar-refractivity contribution in [3.05, 3.63) is 12.2 Å². The van der Waals surface area contributed by atoms with Crippen LogP contribution in [0.3, 0.4) is 0 Å². The third kappa shape index (κ3) is 5.51. The van der Waals surface area contributed by atoms with Crippen molar-refractivity contribution in [3.63, 3.8) is 0 Å². The first-order chi connectivity index (χ1) is 4.31. The highest BCUT2D eigenvalue weighted by Crippen LogP contribution is 1.84. The molecule has 0 spiro atoms. The number of carbonyl (C=O) groups excluding carboxylic acids is 1. The minimum atomic E-state index is -0.264. The first-order valence-corrected chi connectivity index (χ1v) is 3.62. The zero-order chi connectivity index (χ0) is 7.11. The van der Waals surface area contributed by atoms with Crippen LogP contribution in [-0.2, 0) is 9.53 Å². The predicted molar refractivity (Wildman–Crippen MR) is 40.4 cm³/mol. The summed E-state index contributed by atoms with van der Waals surface area (Å²) in [7, 11) is 2.48. The van der Waals surface area contributed by atoms with Crippen LogP contribution in [-0.4, -0.2) is 18.7 Å². The SMILES string of the molecule is CC=CC(=O)OCCP. The first-order valence-electron chi connectivity index (χ1n) is 2.80. The molecule has 3 heteroatoms. The van der Waals surface area contributed by atoms with Gasteiger partial charge in [-0.25, -0.2) is 4.79 Å². The summed E-state index contributed by atoms with van der Waals surface area (Å²) in [4.78, 5) is 10.5. The summed E-state index contributed by atoms with van der Waals surface area (Å²) in [6.07, 6.45) is 3.86. The minimum Gasteiger partial charge on any atom is -0.462 e. The van der Waals surface area contributed by atoms with Crippen LogP contribution >= 0.6 is 9.24 Å². The van der Waals surface area contributed by atoms with Gasteiger partial charge >= 0.3 is 5.97 Å². The van der Waals surface area contributed by atoms with Crippen molar-refractivity contribution < 1.29 is 9.53 Å². The lowest BCUT2D eigenvalue weighted by Gasteiger charge is -1.95. The topological polar surface area (TPSA) is 26.3 Å². The van der Waals surface area contributed by atoms with Crippen molar-refractivity contribution in [3.8, 4) is 0 Å². The zero-order valence-electron chi connectivity index (χ0n) is 5.46. The van der Waals surface area contributed by atoms with E-state index in [9.17, 15) is 4.79 Å². The van der Waals surface area contributed by atoms with Crippen LogP contribution in [0.1, 0.15) is 6.92 Å². The molecule has 0 aliphatic rings. The van der Waals surface area contributed by atoms with Gasteiger partial charge in [0.15, 0.2) is 0 Å². The smallest absolute Gasteiger partial charge is 0.330 e. The Morgan fingerprint density at radius 3 is 2.89 bits per heavy atom. The van der Waals surface area contributed by atoms with Crippen molar-refractivity contribution >= 4 is 15.2 Å². The van der Waals surface area contributed by atoms with Gasteiger partial charge in [-0.05, 0) is 13.1 Å². The maximum absolute atomic E-state index is 10.5. The van der Waals surface area contributed by atoms with Crippen molar-refractivity contribution in [2.24, 2.45) is 0 Å². The molecule has 1 atom stereocenters. The van der Waals surface area contributed by atoms with E-state index in [4.69, 9.17) is 0 Å². The van der Waals surface area contributed by atoms with Gasteiger partial charge in [-0.3, -0.25) is 0 Å². The Balaban J connectivity index is 3.27. The molecule has 9 heavy (non-hydrogen) atoms. The molecule has 0 aromatic rings. The summed E-state index contributed by atoms with van der Waals surface area (Å²) >= 11 is 0. The fourth-order valence-corrected chi connectivity index (χ4v) is 0.462. The molecule has 0 radical (unpaired) electrons. The molecule has 0 fully saturated rings. The molecule has 0 aromatic carbocycles. The number of esters is 1. The number of hydrogen-bond donors (Lipinski definition) is 0. The van der Waals surface area contributed by atoms with Gasteiger partial charge in [-0.2, -0.15) is 0 Å². The van der Waals surface area contributed by atoms with Crippen molar-refractivity contribution in [1.29, 1.82) is 0 Å². The Hall–Kier alpha value is -0.360. The summed E-state index contributed by atoms with van der Waals surface area (Å²) in [6, 6.07) is 0. The molecular weight excluding hydrogens is 135 g/mol. The molecular formula is C6H11O2P. The maximum Gasteiger partial charge on any atom is 0.330 e. The van der Waals surface area contributed by atoms with Crippen molar-refractivity contribution in [1.82, 2.24) is 0 Å². The van der Waals surface area contributed by atoms with E-state index in [0.717, 1.165) is 6.16 Å². The second-order valence-corrected chi connectivity index (χ2v) is 2.03. The van der Waals surface area contributed by atoms with E-state index in [1.165, 1.54) is 6.08 Å². The number of carbonyl (C=O) groups is 1. The van der Waals surface area contributed by atoms with Crippen LogP contribution < -0.4 is 0 Å². The Morgan fingerprint density at radius 2 is 2.44 bits per heavy atom. The number of rotatable bonds is 3. The van der Waals surface area contributed by atoms with E-state index >= 15 is 0 Å². The van der Waals surface area contributed by atoms with Crippen LogP contribution in [0.5, 0.6) is 0 Å². The average molecular weight is 146 g/mol.